The maximum atomic E-state index is 6.26. The van der Waals surface area contributed by atoms with Crippen LogP contribution in [0.15, 0.2) is 60.7 Å². The molecule has 4 heteroatoms. The van der Waals surface area contributed by atoms with Crippen molar-refractivity contribution in [2.75, 3.05) is 39.0 Å². The molecular weight excluding hydrogens is 309 g/mol. The van der Waals surface area contributed by atoms with Crippen LogP contribution < -0.4 is 10.6 Å². The molecule has 1 saturated heterocycles. The second-order valence-electron chi connectivity index (χ2n) is 5.59. The van der Waals surface area contributed by atoms with Crippen molar-refractivity contribution in [2.24, 2.45) is 0 Å². The lowest BCUT2D eigenvalue weighted by Gasteiger charge is -2.30. The Morgan fingerprint density at radius 2 is 1.36 bits per heavy atom. The molecule has 116 valence electrons. The Balaban J connectivity index is 1.85. The van der Waals surface area contributed by atoms with Crippen molar-refractivity contribution >= 4 is 28.5 Å². The minimum atomic E-state index is -1.74. The number of benzene rings is 2. The van der Waals surface area contributed by atoms with E-state index in [1.165, 1.54) is 10.6 Å². The van der Waals surface area contributed by atoms with E-state index in [9.17, 15) is 0 Å². The molecule has 0 amide bonds. The highest BCUT2D eigenvalue weighted by atomic mass is 32.4. The number of rotatable bonds is 5. The van der Waals surface area contributed by atoms with Gasteiger partial charge >= 0.3 is 0 Å². The highest BCUT2D eigenvalue weighted by molar-refractivity contribution is 8.21. The van der Waals surface area contributed by atoms with Crippen LogP contribution in [0.3, 0.4) is 0 Å². The first-order valence-electron chi connectivity index (χ1n) is 7.79. The van der Waals surface area contributed by atoms with Gasteiger partial charge in [-0.3, -0.25) is 4.90 Å². The molecule has 2 aromatic carbocycles. The first-order chi connectivity index (χ1) is 10.8. The molecule has 0 radical (unpaired) electrons. The van der Waals surface area contributed by atoms with Gasteiger partial charge in [0, 0.05) is 25.7 Å². The Morgan fingerprint density at radius 3 is 1.86 bits per heavy atom. The van der Waals surface area contributed by atoms with E-state index in [1.807, 2.05) is 0 Å². The molecule has 2 nitrogen and oxygen atoms in total. The molecule has 2 aromatic rings. The molecular formula is C18H22NOPS. The van der Waals surface area contributed by atoms with Crippen LogP contribution in [-0.2, 0) is 16.5 Å². The minimum Gasteiger partial charge on any atom is -0.379 e. The second kappa shape index (κ2) is 7.52. The number of hydrogen-bond donors (Lipinski definition) is 0. The lowest BCUT2D eigenvalue weighted by atomic mass is 10.4. The fourth-order valence-corrected chi connectivity index (χ4v) is 6.51. The fraction of sp³-hybridized carbons (Fsp3) is 0.333. The van der Waals surface area contributed by atoms with Crippen LogP contribution in [-0.4, -0.2) is 43.9 Å². The quantitative estimate of drug-likeness (QED) is 0.781. The van der Waals surface area contributed by atoms with Gasteiger partial charge in [0.05, 0.1) is 13.2 Å². The summed E-state index contributed by atoms with van der Waals surface area (Å²) in [5.74, 6) is 0. The van der Waals surface area contributed by atoms with Crippen LogP contribution >= 0.6 is 6.04 Å². The molecule has 0 aliphatic carbocycles. The highest BCUT2D eigenvalue weighted by Crippen LogP contribution is 2.43. The number of morpholine rings is 1. The van der Waals surface area contributed by atoms with Gasteiger partial charge in [0.15, 0.2) is 0 Å². The summed E-state index contributed by atoms with van der Waals surface area (Å²) < 4.78 is 5.44. The third-order valence-corrected chi connectivity index (χ3v) is 9.09. The molecule has 0 unspecified atom stereocenters. The number of hydrogen-bond acceptors (Lipinski definition) is 3. The molecule has 1 aliphatic rings. The molecule has 0 atom stereocenters. The lowest BCUT2D eigenvalue weighted by molar-refractivity contribution is 0.0409. The van der Waals surface area contributed by atoms with Crippen molar-refractivity contribution in [1.29, 1.82) is 0 Å². The van der Waals surface area contributed by atoms with Crippen molar-refractivity contribution in [1.82, 2.24) is 4.90 Å². The first kappa shape index (κ1) is 15.9. The topological polar surface area (TPSA) is 12.5 Å². The monoisotopic (exact) mass is 331 g/mol. The fourth-order valence-electron chi connectivity index (χ4n) is 2.85. The van der Waals surface area contributed by atoms with Gasteiger partial charge in [0.2, 0.25) is 0 Å². The third-order valence-electron chi connectivity index (χ3n) is 4.18. The number of nitrogens with zero attached hydrogens (tertiary/aromatic N) is 1. The van der Waals surface area contributed by atoms with Crippen LogP contribution in [0.5, 0.6) is 0 Å². The predicted octanol–water partition coefficient (Wildman–Crippen LogP) is 2.45. The van der Waals surface area contributed by atoms with E-state index < -0.39 is 6.04 Å². The van der Waals surface area contributed by atoms with Crippen molar-refractivity contribution in [3.63, 3.8) is 0 Å². The predicted molar refractivity (Wildman–Crippen MR) is 98.6 cm³/mol. The molecule has 0 bridgehead atoms. The summed E-state index contributed by atoms with van der Waals surface area (Å²) in [7, 11) is 0. The molecule has 1 aliphatic heterocycles. The molecule has 22 heavy (non-hydrogen) atoms. The molecule has 3 rings (SSSR count). The van der Waals surface area contributed by atoms with E-state index in [4.69, 9.17) is 16.5 Å². The summed E-state index contributed by atoms with van der Waals surface area (Å²) in [6.45, 7) is 4.81. The standard InChI is InChI=1S/C18H22NOPS/c22-21(17-7-3-1-4-8-17,18-9-5-2-6-10-18)16-13-19-11-14-20-15-12-19/h1-10H,11-16H2. The van der Waals surface area contributed by atoms with Gasteiger partial charge in [0.25, 0.3) is 0 Å². The van der Waals surface area contributed by atoms with Crippen LogP contribution in [0.4, 0.5) is 0 Å². The summed E-state index contributed by atoms with van der Waals surface area (Å²) in [5, 5.41) is 2.65. The van der Waals surface area contributed by atoms with Crippen molar-refractivity contribution in [2.45, 2.75) is 0 Å². The average molecular weight is 331 g/mol. The van der Waals surface area contributed by atoms with Crippen LogP contribution in [0.25, 0.3) is 0 Å². The van der Waals surface area contributed by atoms with Crippen molar-refractivity contribution in [3.8, 4) is 0 Å². The van der Waals surface area contributed by atoms with Gasteiger partial charge in [-0.2, -0.15) is 0 Å². The van der Waals surface area contributed by atoms with Crippen LogP contribution in [0.1, 0.15) is 0 Å². The van der Waals surface area contributed by atoms with Gasteiger partial charge in [-0.25, -0.2) is 0 Å². The molecule has 1 heterocycles. The van der Waals surface area contributed by atoms with E-state index in [0.717, 1.165) is 39.0 Å². The molecule has 1 fully saturated rings. The molecule has 0 aromatic heterocycles. The summed E-state index contributed by atoms with van der Waals surface area (Å²) in [4.78, 5) is 2.48. The Labute approximate surface area is 138 Å². The normalized spacial score (nSPS) is 16.5. The van der Waals surface area contributed by atoms with Gasteiger partial charge in [-0.05, 0) is 16.8 Å². The molecule has 0 N–H and O–H groups in total. The van der Waals surface area contributed by atoms with Crippen LogP contribution in [0.2, 0.25) is 0 Å². The highest BCUT2D eigenvalue weighted by Gasteiger charge is 2.23. The maximum absolute atomic E-state index is 6.26. The van der Waals surface area contributed by atoms with E-state index >= 15 is 0 Å². The van der Waals surface area contributed by atoms with Crippen molar-refractivity contribution in [3.05, 3.63) is 60.7 Å². The number of ether oxygens (including phenoxy) is 1. The van der Waals surface area contributed by atoms with Gasteiger partial charge < -0.3 is 4.74 Å². The van der Waals surface area contributed by atoms with Crippen molar-refractivity contribution < 1.29 is 4.74 Å². The third kappa shape index (κ3) is 3.67. The zero-order valence-corrected chi connectivity index (χ0v) is 14.4. The molecule has 0 saturated carbocycles. The van der Waals surface area contributed by atoms with Crippen LogP contribution in [0, 0.1) is 0 Å². The van der Waals surface area contributed by atoms with E-state index in [1.54, 1.807) is 0 Å². The summed E-state index contributed by atoms with van der Waals surface area (Å²) in [6, 6.07) is 19.6. The summed E-state index contributed by atoms with van der Waals surface area (Å²) >= 11 is 6.26. The average Bonchev–Trinajstić information content (AvgIpc) is 2.62. The zero-order chi connectivity index (χ0) is 15.3. The Hall–Kier alpha value is -0.990. The zero-order valence-electron chi connectivity index (χ0n) is 12.7. The Morgan fingerprint density at radius 1 is 0.864 bits per heavy atom. The largest absolute Gasteiger partial charge is 0.379 e. The Bertz CT molecular complexity index is 583. The summed E-state index contributed by atoms with van der Waals surface area (Å²) in [5.41, 5.74) is 0. The smallest absolute Gasteiger partial charge is 0.0594 e. The van der Waals surface area contributed by atoms with Gasteiger partial charge in [-0.15, -0.1) is 0 Å². The first-order valence-corrected chi connectivity index (χ1v) is 10.8. The van der Waals surface area contributed by atoms with Gasteiger partial charge in [0.1, 0.15) is 0 Å². The second-order valence-corrected chi connectivity index (χ2v) is 10.4. The van der Waals surface area contributed by atoms with E-state index in [0.29, 0.717) is 0 Å². The molecule has 0 spiro atoms. The minimum absolute atomic E-state index is 0.847. The van der Waals surface area contributed by atoms with E-state index in [2.05, 4.69) is 65.6 Å². The Kier molecular flexibility index (Phi) is 5.43. The SMILES string of the molecule is S=P(CCN1CCOCC1)(c1ccccc1)c1ccccc1. The van der Waals surface area contributed by atoms with E-state index in [-0.39, 0.29) is 0 Å². The van der Waals surface area contributed by atoms with Gasteiger partial charge in [-0.1, -0.05) is 72.5 Å². The lowest BCUT2D eigenvalue weighted by Crippen LogP contribution is -2.38. The maximum Gasteiger partial charge on any atom is 0.0594 e. The summed E-state index contributed by atoms with van der Waals surface area (Å²) in [6.07, 6.45) is 1.05.